The molecule has 2 atom stereocenters. The van der Waals surface area contributed by atoms with Gasteiger partial charge in [0.15, 0.2) is 0 Å². The molecule has 21 heavy (non-hydrogen) atoms. The summed E-state index contributed by atoms with van der Waals surface area (Å²) in [5, 5.41) is 14.9. The lowest BCUT2D eigenvalue weighted by Crippen LogP contribution is -2.26. The molecule has 1 fully saturated rings. The van der Waals surface area contributed by atoms with Gasteiger partial charge in [-0.25, -0.2) is 0 Å². The molecule has 0 aromatic heterocycles. The Morgan fingerprint density at radius 3 is 2.48 bits per heavy atom. The summed E-state index contributed by atoms with van der Waals surface area (Å²) in [7, 11) is 0. The summed E-state index contributed by atoms with van der Waals surface area (Å²) in [4.78, 5) is 11.8. The maximum Gasteiger partial charge on any atom is 0.251 e. The lowest BCUT2D eigenvalue weighted by Gasteiger charge is -2.20. The first-order chi connectivity index (χ1) is 9.91. The summed E-state index contributed by atoms with van der Waals surface area (Å²) in [6, 6.07) is 8.03. The van der Waals surface area contributed by atoms with Crippen LogP contribution in [0, 0.1) is 11.3 Å². The summed E-state index contributed by atoms with van der Waals surface area (Å²) in [6.45, 7) is 7.18. The zero-order valence-corrected chi connectivity index (χ0v) is 13.1. The highest BCUT2D eigenvalue weighted by atomic mass is 16.3. The van der Waals surface area contributed by atoms with Crippen LogP contribution in [0.3, 0.4) is 0 Å². The van der Waals surface area contributed by atoms with Gasteiger partial charge in [-0.2, -0.15) is 0 Å². The van der Waals surface area contributed by atoms with E-state index in [1.165, 1.54) is 12.8 Å². The van der Waals surface area contributed by atoms with Crippen molar-refractivity contribution in [2.45, 2.75) is 39.7 Å². The number of nitrogens with one attached hydrogen (secondary N) is 2. The van der Waals surface area contributed by atoms with Crippen molar-refractivity contribution in [2.24, 2.45) is 11.3 Å². The Morgan fingerprint density at radius 1 is 1.29 bits per heavy atom. The van der Waals surface area contributed by atoms with Crippen molar-refractivity contribution in [2.75, 3.05) is 18.5 Å². The van der Waals surface area contributed by atoms with Crippen molar-refractivity contribution in [1.29, 1.82) is 0 Å². The van der Waals surface area contributed by atoms with E-state index >= 15 is 0 Å². The van der Waals surface area contributed by atoms with Crippen LogP contribution < -0.4 is 10.6 Å². The van der Waals surface area contributed by atoms with Crippen molar-refractivity contribution in [3.05, 3.63) is 29.8 Å². The largest absolute Gasteiger partial charge is 0.395 e. The molecule has 4 nitrogen and oxygen atoms in total. The molecule has 1 saturated carbocycles. The molecule has 1 aromatic rings. The average molecular weight is 290 g/mol. The van der Waals surface area contributed by atoms with Gasteiger partial charge < -0.3 is 15.7 Å². The van der Waals surface area contributed by atoms with E-state index in [1.807, 2.05) is 24.3 Å². The fourth-order valence-electron chi connectivity index (χ4n) is 3.29. The first-order valence-electron chi connectivity index (χ1n) is 7.67. The van der Waals surface area contributed by atoms with Crippen LogP contribution >= 0.6 is 0 Å². The maximum absolute atomic E-state index is 11.8. The van der Waals surface area contributed by atoms with E-state index in [4.69, 9.17) is 5.11 Å². The van der Waals surface area contributed by atoms with Crippen LogP contribution in [0.15, 0.2) is 24.3 Å². The summed E-state index contributed by atoms with van der Waals surface area (Å²) in [5.74, 6) is 0.512. The second-order valence-electron chi connectivity index (χ2n) is 6.86. The number of aliphatic hydroxyl groups is 1. The molecular formula is C17H26N2O2. The van der Waals surface area contributed by atoms with Crippen LogP contribution in [0.4, 0.5) is 5.69 Å². The molecule has 1 amide bonds. The lowest BCUT2D eigenvalue weighted by atomic mass is 9.91. The second kappa shape index (κ2) is 6.48. The van der Waals surface area contributed by atoms with Gasteiger partial charge in [0.25, 0.3) is 5.91 Å². The minimum atomic E-state index is -0.147. The van der Waals surface area contributed by atoms with Crippen LogP contribution in [0.1, 0.15) is 44.0 Å². The summed E-state index contributed by atoms with van der Waals surface area (Å²) in [5.41, 5.74) is 2.08. The highest BCUT2D eigenvalue weighted by Gasteiger charge is 2.36. The van der Waals surface area contributed by atoms with Crippen molar-refractivity contribution >= 4 is 11.6 Å². The molecule has 3 N–H and O–H groups in total. The van der Waals surface area contributed by atoms with E-state index in [1.54, 1.807) is 0 Å². The Kier molecular flexibility index (Phi) is 4.88. The standard InChI is InChI=1S/C17H26N2O2/c1-12-10-17(2,3)11-15(12)19-14-6-4-13(5-7-14)16(21)18-8-9-20/h4-7,12,15,19-20H,8-11H2,1-3H3,(H,18,21). The van der Waals surface area contributed by atoms with Crippen molar-refractivity contribution in [1.82, 2.24) is 5.32 Å². The summed E-state index contributed by atoms with van der Waals surface area (Å²) in [6.07, 6.45) is 2.42. The molecule has 1 aliphatic carbocycles. The monoisotopic (exact) mass is 290 g/mol. The summed E-state index contributed by atoms with van der Waals surface area (Å²) >= 11 is 0. The van der Waals surface area contributed by atoms with E-state index in [0.717, 1.165) is 5.69 Å². The number of benzene rings is 1. The normalized spacial score (nSPS) is 23.8. The van der Waals surface area contributed by atoms with Gasteiger partial charge in [0.2, 0.25) is 0 Å². The second-order valence-corrected chi connectivity index (χ2v) is 6.86. The first-order valence-corrected chi connectivity index (χ1v) is 7.67. The predicted octanol–water partition coefficient (Wildman–Crippen LogP) is 2.65. The van der Waals surface area contributed by atoms with Gasteiger partial charge in [-0.05, 0) is 48.4 Å². The number of rotatable bonds is 5. The Balaban J connectivity index is 1.95. The third kappa shape index (κ3) is 4.21. The molecule has 0 saturated heterocycles. The molecule has 1 aliphatic rings. The minimum Gasteiger partial charge on any atom is -0.395 e. The molecule has 2 rings (SSSR count). The van der Waals surface area contributed by atoms with Crippen molar-refractivity contribution in [3.8, 4) is 0 Å². The topological polar surface area (TPSA) is 61.4 Å². The zero-order chi connectivity index (χ0) is 15.5. The number of hydrogen-bond acceptors (Lipinski definition) is 3. The fourth-order valence-corrected chi connectivity index (χ4v) is 3.29. The third-order valence-corrected chi connectivity index (χ3v) is 4.23. The van der Waals surface area contributed by atoms with Crippen LogP contribution in [0.25, 0.3) is 0 Å². The van der Waals surface area contributed by atoms with Crippen LogP contribution in [0.5, 0.6) is 0 Å². The number of amides is 1. The Labute approximate surface area is 126 Å². The predicted molar refractivity (Wildman–Crippen MR) is 85.5 cm³/mol. The number of anilines is 1. The molecule has 116 valence electrons. The highest BCUT2D eigenvalue weighted by Crippen LogP contribution is 2.42. The summed E-state index contributed by atoms with van der Waals surface area (Å²) < 4.78 is 0. The number of aliphatic hydroxyl groups excluding tert-OH is 1. The van der Waals surface area contributed by atoms with Crippen molar-refractivity contribution in [3.63, 3.8) is 0 Å². The highest BCUT2D eigenvalue weighted by molar-refractivity contribution is 5.94. The molecule has 0 aliphatic heterocycles. The number of hydrogen-bond donors (Lipinski definition) is 3. The molecule has 0 heterocycles. The maximum atomic E-state index is 11.8. The van der Waals surface area contributed by atoms with Gasteiger partial charge in [-0.15, -0.1) is 0 Å². The van der Waals surface area contributed by atoms with Gasteiger partial charge in [-0.1, -0.05) is 20.8 Å². The smallest absolute Gasteiger partial charge is 0.251 e. The van der Waals surface area contributed by atoms with Crippen LogP contribution in [-0.4, -0.2) is 30.2 Å². The van der Waals surface area contributed by atoms with E-state index in [9.17, 15) is 4.79 Å². The quantitative estimate of drug-likeness (QED) is 0.781. The van der Waals surface area contributed by atoms with E-state index in [2.05, 4.69) is 31.4 Å². The van der Waals surface area contributed by atoms with Crippen LogP contribution in [-0.2, 0) is 0 Å². The fraction of sp³-hybridized carbons (Fsp3) is 0.588. The Bertz CT molecular complexity index is 482. The Hall–Kier alpha value is -1.55. The lowest BCUT2D eigenvalue weighted by molar-refractivity contribution is 0.0945. The van der Waals surface area contributed by atoms with E-state index in [-0.39, 0.29) is 19.1 Å². The molecule has 0 radical (unpaired) electrons. The SMILES string of the molecule is CC1CC(C)(C)CC1Nc1ccc(C(=O)NCCO)cc1. The van der Waals surface area contributed by atoms with Gasteiger partial charge in [0.1, 0.15) is 0 Å². The van der Waals surface area contributed by atoms with Gasteiger partial charge in [0, 0.05) is 23.8 Å². The zero-order valence-electron chi connectivity index (χ0n) is 13.1. The van der Waals surface area contributed by atoms with E-state index in [0.29, 0.717) is 22.9 Å². The van der Waals surface area contributed by atoms with Gasteiger partial charge in [-0.3, -0.25) is 4.79 Å². The first kappa shape index (κ1) is 15.8. The van der Waals surface area contributed by atoms with Gasteiger partial charge in [0.05, 0.1) is 6.61 Å². The number of carbonyl (C=O) groups is 1. The third-order valence-electron chi connectivity index (χ3n) is 4.23. The number of carbonyl (C=O) groups excluding carboxylic acids is 1. The molecular weight excluding hydrogens is 264 g/mol. The molecule has 4 heteroatoms. The van der Waals surface area contributed by atoms with Crippen molar-refractivity contribution < 1.29 is 9.90 Å². The molecule has 0 bridgehead atoms. The molecule has 1 aromatic carbocycles. The van der Waals surface area contributed by atoms with Gasteiger partial charge >= 0.3 is 0 Å². The van der Waals surface area contributed by atoms with E-state index < -0.39 is 0 Å². The Morgan fingerprint density at radius 2 is 1.95 bits per heavy atom. The van der Waals surface area contributed by atoms with Crippen LogP contribution in [0.2, 0.25) is 0 Å². The minimum absolute atomic E-state index is 0.0409. The molecule has 2 unspecified atom stereocenters. The average Bonchev–Trinajstić information content (AvgIpc) is 2.69. The molecule has 0 spiro atoms.